The second-order valence-corrected chi connectivity index (χ2v) is 6.26. The van der Waals surface area contributed by atoms with Crippen molar-refractivity contribution in [2.24, 2.45) is 5.92 Å². The minimum atomic E-state index is -0.580. The van der Waals surface area contributed by atoms with Crippen molar-refractivity contribution < 1.29 is 19.0 Å². The highest BCUT2D eigenvalue weighted by molar-refractivity contribution is 5.17. The van der Waals surface area contributed by atoms with Crippen molar-refractivity contribution in [1.82, 2.24) is 4.90 Å². The zero-order chi connectivity index (χ0) is 17.1. The number of hydrogen-bond donors (Lipinski definition) is 1. The molecular formula is C18H30FNO3. The van der Waals surface area contributed by atoms with Crippen LogP contribution in [0.3, 0.4) is 0 Å². The first-order chi connectivity index (χ1) is 11.0. The summed E-state index contributed by atoms with van der Waals surface area (Å²) in [5, 5.41) is 10.1. The number of methoxy groups -OCH3 is 1. The molecule has 1 rings (SSSR count). The molecule has 23 heavy (non-hydrogen) atoms. The molecule has 0 aromatic heterocycles. The van der Waals surface area contributed by atoms with Crippen LogP contribution in [0.5, 0.6) is 0 Å². The molecule has 132 valence electrons. The lowest BCUT2D eigenvalue weighted by molar-refractivity contribution is 0.00566. The molecule has 0 aliphatic heterocycles. The van der Waals surface area contributed by atoms with Gasteiger partial charge in [-0.3, -0.25) is 4.90 Å². The molecule has 0 fully saturated rings. The average Bonchev–Trinajstić information content (AvgIpc) is 2.49. The van der Waals surface area contributed by atoms with Gasteiger partial charge in [0.1, 0.15) is 5.82 Å². The summed E-state index contributed by atoms with van der Waals surface area (Å²) >= 11 is 0. The maximum Gasteiger partial charge on any atom is 0.127 e. The van der Waals surface area contributed by atoms with E-state index in [2.05, 4.69) is 13.8 Å². The molecule has 1 aromatic carbocycles. The molecule has 5 heteroatoms. The molecule has 0 amide bonds. The maximum absolute atomic E-state index is 13.8. The predicted octanol–water partition coefficient (Wildman–Crippen LogP) is 2.70. The highest BCUT2D eigenvalue weighted by atomic mass is 19.1. The lowest BCUT2D eigenvalue weighted by Gasteiger charge is -2.25. The Kier molecular flexibility index (Phi) is 10.0. The number of benzene rings is 1. The fourth-order valence-electron chi connectivity index (χ4n) is 2.33. The van der Waals surface area contributed by atoms with Crippen molar-refractivity contribution in [2.75, 3.05) is 40.0 Å². The second kappa shape index (κ2) is 11.5. The van der Waals surface area contributed by atoms with Gasteiger partial charge in [0.25, 0.3) is 0 Å². The Bertz CT molecular complexity index is 428. The summed E-state index contributed by atoms with van der Waals surface area (Å²) in [7, 11) is 1.66. The monoisotopic (exact) mass is 327 g/mol. The van der Waals surface area contributed by atoms with Gasteiger partial charge in [0.05, 0.1) is 12.7 Å². The smallest absolute Gasteiger partial charge is 0.127 e. The van der Waals surface area contributed by atoms with E-state index < -0.39 is 6.10 Å². The zero-order valence-corrected chi connectivity index (χ0v) is 14.5. The molecule has 0 saturated carbocycles. The van der Waals surface area contributed by atoms with Crippen molar-refractivity contribution in [2.45, 2.75) is 32.9 Å². The van der Waals surface area contributed by atoms with Crippen LogP contribution in [0.1, 0.15) is 25.8 Å². The van der Waals surface area contributed by atoms with Crippen LogP contribution in [0.15, 0.2) is 24.3 Å². The largest absolute Gasteiger partial charge is 0.389 e. The van der Waals surface area contributed by atoms with Crippen molar-refractivity contribution in [1.29, 1.82) is 0 Å². The zero-order valence-electron chi connectivity index (χ0n) is 14.5. The van der Waals surface area contributed by atoms with Gasteiger partial charge in [-0.05, 0) is 18.4 Å². The summed E-state index contributed by atoms with van der Waals surface area (Å²) in [6.45, 7) is 7.39. The van der Waals surface area contributed by atoms with Crippen LogP contribution in [0, 0.1) is 11.7 Å². The van der Waals surface area contributed by atoms with E-state index in [0.717, 1.165) is 13.0 Å². The number of ether oxygens (including phenoxy) is 2. The molecule has 1 aromatic rings. The lowest BCUT2D eigenvalue weighted by Crippen LogP contribution is -2.36. The molecule has 1 unspecified atom stereocenters. The van der Waals surface area contributed by atoms with Crippen LogP contribution in [0.2, 0.25) is 0 Å². The second-order valence-electron chi connectivity index (χ2n) is 6.26. The van der Waals surface area contributed by atoms with Gasteiger partial charge in [0.15, 0.2) is 0 Å². The van der Waals surface area contributed by atoms with Crippen LogP contribution >= 0.6 is 0 Å². The summed E-state index contributed by atoms with van der Waals surface area (Å²) in [6.07, 6.45) is 0.257. The van der Waals surface area contributed by atoms with Gasteiger partial charge in [0, 0.05) is 45.5 Å². The number of hydrogen-bond acceptors (Lipinski definition) is 4. The van der Waals surface area contributed by atoms with Crippen LogP contribution in [-0.2, 0) is 16.0 Å². The van der Waals surface area contributed by atoms with Gasteiger partial charge in [0.2, 0.25) is 0 Å². The minimum absolute atomic E-state index is 0.213. The van der Waals surface area contributed by atoms with Crippen molar-refractivity contribution in [3.8, 4) is 0 Å². The normalized spacial score (nSPS) is 13.0. The first-order valence-corrected chi connectivity index (χ1v) is 8.23. The molecule has 0 aliphatic rings. The van der Waals surface area contributed by atoms with E-state index in [-0.39, 0.29) is 5.82 Å². The van der Waals surface area contributed by atoms with Crippen LogP contribution in [0.25, 0.3) is 0 Å². The third-order valence-corrected chi connectivity index (χ3v) is 3.40. The highest BCUT2D eigenvalue weighted by Gasteiger charge is 2.14. The first-order valence-electron chi connectivity index (χ1n) is 8.23. The summed E-state index contributed by atoms with van der Waals surface area (Å²) in [5.41, 5.74) is 0.639. The van der Waals surface area contributed by atoms with Gasteiger partial charge < -0.3 is 14.6 Å². The van der Waals surface area contributed by atoms with Crippen LogP contribution in [0.4, 0.5) is 4.39 Å². The molecule has 0 bridgehead atoms. The summed E-state index contributed by atoms with van der Waals surface area (Å²) in [5.74, 6) is 0.230. The first kappa shape index (κ1) is 20.0. The highest BCUT2D eigenvalue weighted by Crippen LogP contribution is 2.11. The van der Waals surface area contributed by atoms with E-state index in [4.69, 9.17) is 9.47 Å². The third-order valence-electron chi connectivity index (χ3n) is 3.40. The van der Waals surface area contributed by atoms with Gasteiger partial charge in [-0.2, -0.15) is 0 Å². The lowest BCUT2D eigenvalue weighted by atomic mass is 10.2. The SMILES string of the molecule is COCCCN(Cc1ccccc1F)CC(O)COCC(C)C. The van der Waals surface area contributed by atoms with Crippen LogP contribution < -0.4 is 0 Å². The van der Waals surface area contributed by atoms with Crippen molar-refractivity contribution in [3.63, 3.8) is 0 Å². The molecular weight excluding hydrogens is 297 g/mol. The molecule has 0 saturated heterocycles. The van der Waals surface area contributed by atoms with E-state index in [1.165, 1.54) is 6.07 Å². The van der Waals surface area contributed by atoms with Crippen molar-refractivity contribution in [3.05, 3.63) is 35.6 Å². The molecule has 0 radical (unpaired) electrons. The van der Waals surface area contributed by atoms with Crippen LogP contribution in [-0.4, -0.2) is 56.1 Å². The molecule has 0 heterocycles. The van der Waals surface area contributed by atoms with Gasteiger partial charge >= 0.3 is 0 Å². The summed E-state index contributed by atoms with van der Waals surface area (Å²) in [6, 6.07) is 6.75. The molecule has 1 N–H and O–H groups in total. The number of rotatable bonds is 12. The number of aliphatic hydroxyl groups is 1. The predicted molar refractivity (Wildman–Crippen MR) is 89.8 cm³/mol. The Balaban J connectivity index is 2.52. The van der Waals surface area contributed by atoms with Crippen molar-refractivity contribution >= 4 is 0 Å². The number of aliphatic hydroxyl groups excluding tert-OH is 1. The minimum Gasteiger partial charge on any atom is -0.389 e. The molecule has 1 atom stereocenters. The quantitative estimate of drug-likeness (QED) is 0.599. The fourth-order valence-corrected chi connectivity index (χ4v) is 2.33. The van der Waals surface area contributed by atoms with E-state index in [1.807, 2.05) is 11.0 Å². The summed E-state index contributed by atoms with van der Waals surface area (Å²) in [4.78, 5) is 2.04. The standard InChI is InChI=1S/C18H30FNO3/c1-15(2)13-23-14-17(21)12-20(9-6-10-22-3)11-16-7-4-5-8-18(16)19/h4-5,7-8,15,17,21H,6,9-14H2,1-3H3. The Morgan fingerprint density at radius 3 is 2.61 bits per heavy atom. The van der Waals surface area contributed by atoms with Gasteiger partial charge in [-0.15, -0.1) is 0 Å². The Labute approximate surface area is 139 Å². The van der Waals surface area contributed by atoms with E-state index >= 15 is 0 Å². The number of nitrogens with zero attached hydrogens (tertiary/aromatic N) is 1. The third kappa shape index (κ3) is 9.01. The fraction of sp³-hybridized carbons (Fsp3) is 0.667. The van der Waals surface area contributed by atoms with Gasteiger partial charge in [-0.1, -0.05) is 32.0 Å². The average molecular weight is 327 g/mol. The number of halogens is 1. The maximum atomic E-state index is 13.8. The molecule has 0 aliphatic carbocycles. The van der Waals surface area contributed by atoms with E-state index in [1.54, 1.807) is 19.2 Å². The van der Waals surface area contributed by atoms with E-state index in [9.17, 15) is 9.50 Å². The Morgan fingerprint density at radius 1 is 1.22 bits per heavy atom. The topological polar surface area (TPSA) is 41.9 Å². The molecule has 0 spiro atoms. The Hall–Kier alpha value is -1.01. The van der Waals surface area contributed by atoms with Gasteiger partial charge in [-0.25, -0.2) is 4.39 Å². The Morgan fingerprint density at radius 2 is 1.96 bits per heavy atom. The summed E-state index contributed by atoms with van der Waals surface area (Å²) < 4.78 is 24.4. The molecule has 4 nitrogen and oxygen atoms in total. The van der Waals surface area contributed by atoms with E-state index in [0.29, 0.717) is 44.4 Å².